The first-order chi connectivity index (χ1) is 19.5. The number of amides is 1. The highest BCUT2D eigenvalue weighted by Crippen LogP contribution is 2.38. The number of nitrogens with zero attached hydrogens (tertiary/aromatic N) is 2. The third-order valence-corrected chi connectivity index (χ3v) is 8.58. The summed E-state index contributed by atoms with van der Waals surface area (Å²) >= 11 is 0. The number of aryl methyl sites for hydroxylation is 2. The highest BCUT2D eigenvalue weighted by Gasteiger charge is 2.33. The van der Waals surface area contributed by atoms with E-state index in [0.717, 1.165) is 48.2 Å². The molecule has 1 aliphatic carbocycles. The van der Waals surface area contributed by atoms with Gasteiger partial charge in [-0.05, 0) is 67.0 Å². The standard InChI is InChI=1S/C35H37N3O2/c1-23-20-24(2)36-34-32(23)29-14-8-9-15-31(29)38(34)21-25-16-18-28(19-17-25)33(27-12-6-7-13-27)35(40)37-30(22-39)26-10-4-3-5-11-26/h3-5,8-11,14-20,27,30,33,39H,6-7,12-13,21-22H2,1-2H3,(H,37,40). The second-order valence-electron chi connectivity index (χ2n) is 11.3. The molecule has 5 nitrogen and oxygen atoms in total. The second-order valence-corrected chi connectivity index (χ2v) is 11.3. The fourth-order valence-corrected chi connectivity index (χ4v) is 6.66. The van der Waals surface area contributed by atoms with Crippen molar-refractivity contribution in [3.8, 4) is 0 Å². The summed E-state index contributed by atoms with van der Waals surface area (Å²) in [7, 11) is 0. The van der Waals surface area contributed by atoms with Crippen LogP contribution in [0.2, 0.25) is 0 Å². The molecule has 0 aliphatic heterocycles. The lowest BCUT2D eigenvalue weighted by Gasteiger charge is -2.26. The number of aromatic nitrogens is 2. The molecule has 2 aromatic heterocycles. The smallest absolute Gasteiger partial charge is 0.228 e. The van der Waals surface area contributed by atoms with Crippen molar-refractivity contribution in [1.29, 1.82) is 0 Å². The van der Waals surface area contributed by atoms with E-state index in [1.54, 1.807) is 0 Å². The highest BCUT2D eigenvalue weighted by atomic mass is 16.3. The zero-order chi connectivity index (χ0) is 27.6. The lowest BCUT2D eigenvalue weighted by Crippen LogP contribution is -2.37. The van der Waals surface area contributed by atoms with E-state index in [1.807, 2.05) is 30.3 Å². The minimum absolute atomic E-state index is 0.0000936. The Kier molecular flexibility index (Phi) is 7.40. The average Bonchev–Trinajstić information content (AvgIpc) is 3.60. The number of hydrogen-bond donors (Lipinski definition) is 2. The summed E-state index contributed by atoms with van der Waals surface area (Å²) in [6, 6.07) is 28.6. The molecule has 0 radical (unpaired) electrons. The van der Waals surface area contributed by atoms with Crippen LogP contribution in [0.5, 0.6) is 0 Å². The third kappa shape index (κ3) is 5.02. The topological polar surface area (TPSA) is 67.2 Å². The van der Waals surface area contributed by atoms with E-state index >= 15 is 0 Å². The van der Waals surface area contributed by atoms with Crippen LogP contribution in [-0.2, 0) is 11.3 Å². The molecule has 0 saturated heterocycles. The van der Waals surface area contributed by atoms with Crippen molar-refractivity contribution in [3.05, 3.63) is 113 Å². The van der Waals surface area contributed by atoms with Crippen LogP contribution in [-0.4, -0.2) is 27.2 Å². The Morgan fingerprint density at radius 1 is 0.950 bits per heavy atom. The minimum atomic E-state index is -0.411. The first kappa shape index (κ1) is 26.3. The van der Waals surface area contributed by atoms with Crippen molar-refractivity contribution >= 4 is 27.8 Å². The van der Waals surface area contributed by atoms with Crippen LogP contribution in [0.25, 0.3) is 21.9 Å². The number of rotatable bonds is 8. The second kappa shape index (κ2) is 11.3. The number of benzene rings is 3. The van der Waals surface area contributed by atoms with Gasteiger partial charge in [0.15, 0.2) is 0 Å². The first-order valence-electron chi connectivity index (χ1n) is 14.4. The van der Waals surface area contributed by atoms with Crippen molar-refractivity contribution < 1.29 is 9.90 Å². The Hall–Kier alpha value is -3.96. The van der Waals surface area contributed by atoms with Crippen LogP contribution in [0, 0.1) is 19.8 Å². The number of pyridine rings is 1. The summed E-state index contributed by atoms with van der Waals surface area (Å²) in [4.78, 5) is 18.7. The van der Waals surface area contributed by atoms with Crippen molar-refractivity contribution in [3.63, 3.8) is 0 Å². The van der Waals surface area contributed by atoms with Crippen LogP contribution in [0.3, 0.4) is 0 Å². The summed E-state index contributed by atoms with van der Waals surface area (Å²) in [5, 5.41) is 15.7. The number of para-hydroxylation sites is 1. The monoisotopic (exact) mass is 531 g/mol. The first-order valence-corrected chi connectivity index (χ1v) is 14.4. The maximum atomic E-state index is 13.7. The SMILES string of the molecule is Cc1cc(C)c2c3ccccc3n(Cc3ccc(C(C(=O)NC(CO)c4ccccc4)C4CCCC4)cc3)c2n1. The van der Waals surface area contributed by atoms with E-state index in [-0.39, 0.29) is 18.4 Å². The molecule has 1 fully saturated rings. The molecule has 1 amide bonds. The lowest BCUT2D eigenvalue weighted by atomic mass is 9.83. The third-order valence-electron chi connectivity index (χ3n) is 8.58. The molecule has 1 saturated carbocycles. The number of nitrogens with one attached hydrogen (secondary N) is 1. The Labute approximate surface area is 235 Å². The van der Waals surface area contributed by atoms with Gasteiger partial charge in [-0.25, -0.2) is 4.98 Å². The van der Waals surface area contributed by atoms with E-state index in [4.69, 9.17) is 4.98 Å². The Balaban J connectivity index is 1.30. The molecule has 3 aromatic carbocycles. The molecule has 1 aliphatic rings. The average molecular weight is 532 g/mol. The Morgan fingerprint density at radius 3 is 2.38 bits per heavy atom. The molecule has 5 aromatic rings. The largest absolute Gasteiger partial charge is 0.394 e. The number of aliphatic hydroxyl groups excluding tert-OH is 1. The number of hydrogen-bond acceptors (Lipinski definition) is 3. The maximum Gasteiger partial charge on any atom is 0.228 e. The van der Waals surface area contributed by atoms with Crippen molar-refractivity contribution in [2.45, 2.75) is 58.0 Å². The summed E-state index contributed by atoms with van der Waals surface area (Å²) in [6.07, 6.45) is 4.43. The van der Waals surface area contributed by atoms with Gasteiger partial charge in [0.25, 0.3) is 0 Å². The van der Waals surface area contributed by atoms with Crippen LogP contribution < -0.4 is 5.32 Å². The van der Waals surface area contributed by atoms with E-state index in [1.165, 1.54) is 27.4 Å². The summed E-state index contributed by atoms with van der Waals surface area (Å²) in [5.41, 5.74) is 7.61. The molecule has 2 N–H and O–H groups in total. The van der Waals surface area contributed by atoms with Gasteiger partial charge in [0.1, 0.15) is 5.65 Å². The zero-order valence-electron chi connectivity index (χ0n) is 23.3. The van der Waals surface area contributed by atoms with Gasteiger partial charge in [-0.1, -0.05) is 85.6 Å². The Morgan fingerprint density at radius 2 is 1.65 bits per heavy atom. The maximum absolute atomic E-state index is 13.7. The quantitative estimate of drug-likeness (QED) is 0.227. The normalized spacial score (nSPS) is 15.5. The summed E-state index contributed by atoms with van der Waals surface area (Å²) < 4.78 is 2.31. The minimum Gasteiger partial charge on any atom is -0.394 e. The van der Waals surface area contributed by atoms with E-state index in [2.05, 4.69) is 78.3 Å². The fraction of sp³-hybridized carbons (Fsp3) is 0.314. The van der Waals surface area contributed by atoms with Crippen molar-refractivity contribution in [1.82, 2.24) is 14.9 Å². The number of aliphatic hydroxyl groups is 1. The van der Waals surface area contributed by atoms with Crippen LogP contribution in [0.4, 0.5) is 0 Å². The van der Waals surface area contributed by atoms with Crippen LogP contribution in [0.1, 0.15) is 65.6 Å². The zero-order valence-corrected chi connectivity index (χ0v) is 23.3. The van der Waals surface area contributed by atoms with Gasteiger partial charge in [0, 0.05) is 23.0 Å². The van der Waals surface area contributed by atoms with Crippen LogP contribution in [0.15, 0.2) is 84.9 Å². The number of fused-ring (bicyclic) bond motifs is 3. The van der Waals surface area contributed by atoms with Gasteiger partial charge in [0.05, 0.1) is 24.1 Å². The molecule has 0 bridgehead atoms. The molecule has 6 rings (SSSR count). The van der Waals surface area contributed by atoms with Gasteiger partial charge in [-0.2, -0.15) is 0 Å². The number of carbonyl (C=O) groups is 1. The lowest BCUT2D eigenvalue weighted by molar-refractivity contribution is -0.124. The molecule has 2 heterocycles. The molecule has 2 atom stereocenters. The number of carbonyl (C=O) groups excluding carboxylic acids is 1. The van der Waals surface area contributed by atoms with E-state index in [0.29, 0.717) is 12.5 Å². The van der Waals surface area contributed by atoms with E-state index in [9.17, 15) is 9.90 Å². The molecule has 0 spiro atoms. The predicted molar refractivity (Wildman–Crippen MR) is 161 cm³/mol. The fourth-order valence-electron chi connectivity index (χ4n) is 6.66. The van der Waals surface area contributed by atoms with Crippen molar-refractivity contribution in [2.24, 2.45) is 5.92 Å². The molecule has 5 heteroatoms. The van der Waals surface area contributed by atoms with Crippen molar-refractivity contribution in [2.75, 3.05) is 6.61 Å². The summed E-state index contributed by atoms with van der Waals surface area (Å²) in [5.74, 6) is 0.0862. The Bertz CT molecular complexity index is 1630. The van der Waals surface area contributed by atoms with Gasteiger partial charge < -0.3 is 15.0 Å². The van der Waals surface area contributed by atoms with E-state index < -0.39 is 6.04 Å². The van der Waals surface area contributed by atoms with Gasteiger partial charge >= 0.3 is 0 Å². The molecule has 204 valence electrons. The van der Waals surface area contributed by atoms with Gasteiger partial charge in [-0.3, -0.25) is 4.79 Å². The molecular weight excluding hydrogens is 494 g/mol. The summed E-state index contributed by atoms with van der Waals surface area (Å²) in [6.45, 7) is 4.80. The van der Waals surface area contributed by atoms with Crippen LogP contribution >= 0.6 is 0 Å². The molecule has 2 unspecified atom stereocenters. The van der Waals surface area contributed by atoms with Gasteiger partial charge in [0.2, 0.25) is 5.91 Å². The molecular formula is C35H37N3O2. The molecule has 40 heavy (non-hydrogen) atoms. The van der Waals surface area contributed by atoms with Gasteiger partial charge in [-0.15, -0.1) is 0 Å². The highest BCUT2D eigenvalue weighted by molar-refractivity contribution is 6.08. The predicted octanol–water partition coefficient (Wildman–Crippen LogP) is 6.98.